The second-order valence-electron chi connectivity index (χ2n) is 6.33. The van der Waals surface area contributed by atoms with E-state index in [4.69, 9.17) is 4.74 Å². The molecule has 1 aromatic rings. The smallest absolute Gasteiger partial charge is 0.330 e. The zero-order chi connectivity index (χ0) is 14.7. The minimum atomic E-state index is -0.445. The fraction of sp³-hybridized carbons (Fsp3) is 0.600. The van der Waals surface area contributed by atoms with Gasteiger partial charge in [0.15, 0.2) is 0 Å². The first-order valence-corrected chi connectivity index (χ1v) is 7.37. The average molecular weight is 290 g/mol. The highest BCUT2D eigenvalue weighted by Crippen LogP contribution is 2.58. The number of aryl methyl sites for hydroxylation is 1. The molecule has 4 rings (SSSR count). The van der Waals surface area contributed by atoms with Crippen molar-refractivity contribution in [1.29, 1.82) is 0 Å². The maximum absolute atomic E-state index is 12.1. The Bertz CT molecular complexity index is 719. The molecule has 6 nitrogen and oxygen atoms in total. The minimum absolute atomic E-state index is 0.0359. The van der Waals surface area contributed by atoms with Crippen molar-refractivity contribution in [3.05, 3.63) is 44.8 Å². The van der Waals surface area contributed by atoms with E-state index < -0.39 is 11.9 Å². The molecule has 0 spiro atoms. The Morgan fingerprint density at radius 2 is 2.05 bits per heavy atom. The van der Waals surface area contributed by atoms with Crippen LogP contribution in [0.1, 0.15) is 18.2 Å². The molecule has 2 bridgehead atoms. The molecule has 112 valence electrons. The van der Waals surface area contributed by atoms with Crippen molar-refractivity contribution in [3.63, 3.8) is 0 Å². The summed E-state index contributed by atoms with van der Waals surface area (Å²) in [6.07, 6.45) is 6.41. The van der Waals surface area contributed by atoms with Crippen LogP contribution >= 0.6 is 0 Å². The molecule has 1 saturated carbocycles. The number of hydrogen-bond donors (Lipinski definition) is 2. The largest absolute Gasteiger partial charge is 0.394 e. The van der Waals surface area contributed by atoms with Crippen LogP contribution in [0.5, 0.6) is 0 Å². The molecule has 2 aliphatic carbocycles. The number of aromatic amines is 1. The molecule has 0 unspecified atom stereocenters. The summed E-state index contributed by atoms with van der Waals surface area (Å²) in [6.45, 7) is 1.64. The van der Waals surface area contributed by atoms with Gasteiger partial charge in [0.2, 0.25) is 0 Å². The molecule has 0 radical (unpaired) electrons. The molecule has 1 aliphatic heterocycles. The van der Waals surface area contributed by atoms with Crippen molar-refractivity contribution >= 4 is 0 Å². The van der Waals surface area contributed by atoms with E-state index in [1.54, 1.807) is 13.1 Å². The summed E-state index contributed by atoms with van der Waals surface area (Å²) < 4.78 is 7.46. The standard InChI is InChI=1S/C15H18N2O4/c1-7-5-17(15(20)16-13(7)19)14-12-9-3-2-8(4-9)11(12)10(6-18)21-14/h2-3,5,8-12,14,18H,4,6H2,1H3,(H,16,19,20)/t8-,9+,10-,11-,12-,14-/m1/s1. The van der Waals surface area contributed by atoms with Gasteiger partial charge in [-0.05, 0) is 25.2 Å². The Labute approximate surface area is 121 Å². The number of ether oxygens (including phenoxy) is 1. The number of aliphatic hydroxyl groups excluding tert-OH is 1. The molecular formula is C15H18N2O4. The SMILES string of the molecule is Cc1cn([C@@H]2O[C@H](CO)[C@@H]3[C@H]2[C@H]2C=C[C@@H]3C2)c(=O)[nH]c1=O. The Kier molecular flexibility index (Phi) is 2.74. The summed E-state index contributed by atoms with van der Waals surface area (Å²) in [4.78, 5) is 26.0. The molecule has 6 heteroatoms. The molecule has 2 fully saturated rings. The van der Waals surface area contributed by atoms with E-state index in [0.29, 0.717) is 17.4 Å². The maximum atomic E-state index is 12.1. The molecule has 1 aromatic heterocycles. The second-order valence-corrected chi connectivity index (χ2v) is 6.33. The third-order valence-corrected chi connectivity index (χ3v) is 5.26. The van der Waals surface area contributed by atoms with E-state index in [9.17, 15) is 14.7 Å². The summed E-state index contributed by atoms with van der Waals surface area (Å²) in [6, 6.07) is 0. The van der Waals surface area contributed by atoms with Gasteiger partial charge in [-0.3, -0.25) is 14.3 Å². The lowest BCUT2D eigenvalue weighted by Gasteiger charge is -2.25. The van der Waals surface area contributed by atoms with Gasteiger partial charge in [-0.25, -0.2) is 4.79 Å². The van der Waals surface area contributed by atoms with Crippen LogP contribution in [-0.4, -0.2) is 27.4 Å². The highest BCUT2D eigenvalue weighted by Gasteiger charge is 2.57. The van der Waals surface area contributed by atoms with E-state index in [1.165, 1.54) is 4.57 Å². The van der Waals surface area contributed by atoms with Crippen LogP contribution < -0.4 is 11.2 Å². The molecule has 21 heavy (non-hydrogen) atoms. The van der Waals surface area contributed by atoms with E-state index in [1.807, 2.05) is 0 Å². The summed E-state index contributed by atoms with van der Waals surface area (Å²) in [5.74, 6) is 1.27. The van der Waals surface area contributed by atoms with Crippen LogP contribution in [0.25, 0.3) is 0 Å². The first-order valence-electron chi connectivity index (χ1n) is 7.37. The van der Waals surface area contributed by atoms with Crippen molar-refractivity contribution in [2.45, 2.75) is 25.7 Å². The van der Waals surface area contributed by atoms with Gasteiger partial charge < -0.3 is 9.84 Å². The third kappa shape index (κ3) is 1.72. The Balaban J connectivity index is 1.79. The van der Waals surface area contributed by atoms with Gasteiger partial charge in [0.1, 0.15) is 6.23 Å². The number of aromatic nitrogens is 2. The monoisotopic (exact) mass is 290 g/mol. The molecule has 2 N–H and O–H groups in total. The lowest BCUT2D eigenvalue weighted by Crippen LogP contribution is -2.36. The van der Waals surface area contributed by atoms with Crippen molar-refractivity contribution in [1.82, 2.24) is 9.55 Å². The fourth-order valence-corrected chi connectivity index (χ4v) is 4.38. The summed E-state index contributed by atoms with van der Waals surface area (Å²) >= 11 is 0. The van der Waals surface area contributed by atoms with Gasteiger partial charge in [0.25, 0.3) is 5.56 Å². The number of aliphatic hydroxyl groups is 1. The fourth-order valence-electron chi connectivity index (χ4n) is 4.38. The summed E-state index contributed by atoms with van der Waals surface area (Å²) in [7, 11) is 0. The summed E-state index contributed by atoms with van der Waals surface area (Å²) in [5.41, 5.74) is -0.321. The maximum Gasteiger partial charge on any atom is 0.330 e. The van der Waals surface area contributed by atoms with Crippen LogP contribution in [0.15, 0.2) is 27.9 Å². The van der Waals surface area contributed by atoms with E-state index >= 15 is 0 Å². The molecule has 0 aromatic carbocycles. The van der Waals surface area contributed by atoms with E-state index in [-0.39, 0.29) is 30.1 Å². The van der Waals surface area contributed by atoms with Crippen LogP contribution in [0.4, 0.5) is 0 Å². The van der Waals surface area contributed by atoms with E-state index in [0.717, 1.165) is 6.42 Å². The minimum Gasteiger partial charge on any atom is -0.394 e. The predicted molar refractivity (Wildman–Crippen MR) is 74.8 cm³/mol. The molecular weight excluding hydrogens is 272 g/mol. The van der Waals surface area contributed by atoms with Crippen molar-refractivity contribution < 1.29 is 9.84 Å². The van der Waals surface area contributed by atoms with Gasteiger partial charge >= 0.3 is 5.69 Å². The van der Waals surface area contributed by atoms with Gasteiger partial charge in [-0.15, -0.1) is 0 Å². The topological polar surface area (TPSA) is 84.3 Å². The summed E-state index contributed by atoms with van der Waals surface area (Å²) in [5, 5.41) is 9.58. The number of H-pyrrole nitrogens is 1. The van der Waals surface area contributed by atoms with Crippen LogP contribution in [0.2, 0.25) is 0 Å². The predicted octanol–water partition coefficient (Wildman–Crippen LogP) is 0.173. The lowest BCUT2D eigenvalue weighted by atomic mass is 9.81. The van der Waals surface area contributed by atoms with Crippen molar-refractivity contribution in [3.8, 4) is 0 Å². The van der Waals surface area contributed by atoms with Crippen LogP contribution in [0, 0.1) is 30.6 Å². The quantitative estimate of drug-likeness (QED) is 0.761. The van der Waals surface area contributed by atoms with Crippen molar-refractivity contribution in [2.24, 2.45) is 23.7 Å². The molecule has 0 amide bonds. The van der Waals surface area contributed by atoms with E-state index in [2.05, 4.69) is 17.1 Å². The zero-order valence-corrected chi connectivity index (χ0v) is 11.7. The third-order valence-electron chi connectivity index (χ3n) is 5.26. The highest BCUT2D eigenvalue weighted by atomic mass is 16.5. The second kappa shape index (κ2) is 4.42. The average Bonchev–Trinajstić information content (AvgIpc) is 3.14. The first kappa shape index (κ1) is 13.0. The van der Waals surface area contributed by atoms with Gasteiger partial charge in [-0.2, -0.15) is 0 Å². The Hall–Kier alpha value is -1.66. The highest BCUT2D eigenvalue weighted by molar-refractivity contribution is 5.18. The van der Waals surface area contributed by atoms with Crippen LogP contribution in [-0.2, 0) is 4.74 Å². The van der Waals surface area contributed by atoms with Gasteiger partial charge in [-0.1, -0.05) is 12.2 Å². The van der Waals surface area contributed by atoms with Crippen LogP contribution in [0.3, 0.4) is 0 Å². The zero-order valence-electron chi connectivity index (χ0n) is 11.7. The first-order chi connectivity index (χ1) is 10.1. The molecule has 3 aliphatic rings. The number of rotatable bonds is 2. The lowest BCUT2D eigenvalue weighted by molar-refractivity contribution is -0.0478. The molecule has 1 saturated heterocycles. The number of nitrogens with one attached hydrogen (secondary N) is 1. The number of hydrogen-bond acceptors (Lipinski definition) is 4. The van der Waals surface area contributed by atoms with Gasteiger partial charge in [0.05, 0.1) is 12.7 Å². The normalized spacial score (nSPS) is 39.9. The molecule has 2 heterocycles. The number of nitrogens with zero attached hydrogens (tertiary/aromatic N) is 1. The van der Waals surface area contributed by atoms with Crippen molar-refractivity contribution in [2.75, 3.05) is 6.61 Å². The Morgan fingerprint density at radius 3 is 2.76 bits per heavy atom. The Morgan fingerprint density at radius 1 is 1.33 bits per heavy atom. The number of allylic oxidation sites excluding steroid dienone is 2. The van der Waals surface area contributed by atoms with Gasteiger partial charge in [0, 0.05) is 23.6 Å². The molecule has 6 atom stereocenters. The number of fused-ring (bicyclic) bond motifs is 5.